The van der Waals surface area contributed by atoms with E-state index in [2.05, 4.69) is 25.8 Å². The van der Waals surface area contributed by atoms with Gasteiger partial charge < -0.3 is 5.73 Å². The standard InChI is InChI=1S/C16H32N2/c1-13-9-10-14(2)16(11-13,12-17)18(3)15-7-5-4-6-8-15/h13-15H,4-12,17H2,1-3H3. The zero-order valence-electron chi connectivity index (χ0n) is 12.6. The van der Waals surface area contributed by atoms with Crippen LogP contribution in [0.4, 0.5) is 0 Å². The molecule has 18 heavy (non-hydrogen) atoms. The van der Waals surface area contributed by atoms with Gasteiger partial charge in [-0.2, -0.15) is 0 Å². The molecule has 0 aromatic heterocycles. The zero-order valence-corrected chi connectivity index (χ0v) is 12.6. The molecule has 3 atom stereocenters. The summed E-state index contributed by atoms with van der Waals surface area (Å²) < 4.78 is 0. The van der Waals surface area contributed by atoms with E-state index in [9.17, 15) is 0 Å². The highest BCUT2D eigenvalue weighted by atomic mass is 15.2. The summed E-state index contributed by atoms with van der Waals surface area (Å²) in [5, 5.41) is 0. The van der Waals surface area contributed by atoms with Crippen LogP contribution in [0.5, 0.6) is 0 Å². The molecule has 0 bridgehead atoms. The molecule has 0 heterocycles. The zero-order chi connectivity index (χ0) is 13.2. The summed E-state index contributed by atoms with van der Waals surface area (Å²) in [7, 11) is 2.36. The summed E-state index contributed by atoms with van der Waals surface area (Å²) in [6, 6.07) is 0.787. The first-order valence-electron chi connectivity index (χ1n) is 8.03. The molecule has 106 valence electrons. The summed E-state index contributed by atoms with van der Waals surface area (Å²) in [6.07, 6.45) is 11.1. The van der Waals surface area contributed by atoms with E-state index >= 15 is 0 Å². The number of rotatable bonds is 3. The maximum Gasteiger partial charge on any atom is 0.0359 e. The second kappa shape index (κ2) is 5.92. The maximum atomic E-state index is 6.26. The Labute approximate surface area is 113 Å². The Balaban J connectivity index is 2.13. The van der Waals surface area contributed by atoms with Crippen molar-refractivity contribution in [2.75, 3.05) is 13.6 Å². The number of nitrogens with zero attached hydrogens (tertiary/aromatic N) is 1. The highest BCUT2D eigenvalue weighted by Crippen LogP contribution is 2.42. The number of hydrogen-bond donors (Lipinski definition) is 1. The SMILES string of the molecule is CC1CCC(C)C(CN)(N(C)C2CCCCC2)C1. The largest absolute Gasteiger partial charge is 0.329 e. The van der Waals surface area contributed by atoms with Crippen molar-refractivity contribution in [3.05, 3.63) is 0 Å². The lowest BCUT2D eigenvalue weighted by Crippen LogP contribution is -2.62. The average Bonchev–Trinajstić information content (AvgIpc) is 2.42. The van der Waals surface area contributed by atoms with Crippen molar-refractivity contribution in [1.82, 2.24) is 4.90 Å². The summed E-state index contributed by atoms with van der Waals surface area (Å²) in [5.74, 6) is 1.60. The van der Waals surface area contributed by atoms with E-state index < -0.39 is 0 Å². The summed E-state index contributed by atoms with van der Waals surface area (Å²) in [6.45, 7) is 5.68. The van der Waals surface area contributed by atoms with E-state index in [0.29, 0.717) is 0 Å². The first kappa shape index (κ1) is 14.3. The first-order valence-corrected chi connectivity index (χ1v) is 8.03. The monoisotopic (exact) mass is 252 g/mol. The molecule has 3 unspecified atom stereocenters. The second-order valence-corrected chi connectivity index (χ2v) is 7.00. The predicted octanol–water partition coefficient (Wildman–Crippen LogP) is 3.40. The molecule has 2 N–H and O–H groups in total. The summed E-state index contributed by atoms with van der Waals surface area (Å²) in [5.41, 5.74) is 6.53. The quantitative estimate of drug-likeness (QED) is 0.834. The van der Waals surface area contributed by atoms with Crippen LogP contribution in [-0.4, -0.2) is 30.1 Å². The third-order valence-electron chi connectivity index (χ3n) is 5.89. The van der Waals surface area contributed by atoms with Gasteiger partial charge in [0.1, 0.15) is 0 Å². The minimum atomic E-state index is 0.277. The van der Waals surface area contributed by atoms with Crippen LogP contribution in [0.2, 0.25) is 0 Å². The molecule has 0 aromatic rings. The molecule has 0 aliphatic heterocycles. The van der Waals surface area contributed by atoms with Gasteiger partial charge in [0, 0.05) is 18.1 Å². The Morgan fingerprint density at radius 2 is 1.72 bits per heavy atom. The van der Waals surface area contributed by atoms with E-state index in [1.54, 1.807) is 0 Å². The fourth-order valence-corrected chi connectivity index (χ4v) is 4.46. The molecular weight excluding hydrogens is 220 g/mol. The molecule has 2 nitrogen and oxygen atoms in total. The van der Waals surface area contributed by atoms with Crippen LogP contribution in [0, 0.1) is 11.8 Å². The Morgan fingerprint density at radius 1 is 1.06 bits per heavy atom. The Hall–Kier alpha value is -0.0800. The molecule has 0 saturated heterocycles. The molecule has 2 fully saturated rings. The van der Waals surface area contributed by atoms with Crippen molar-refractivity contribution in [2.45, 2.75) is 76.8 Å². The Bertz CT molecular complexity index is 260. The Kier molecular flexibility index (Phi) is 4.71. The number of hydrogen-bond acceptors (Lipinski definition) is 2. The van der Waals surface area contributed by atoms with Crippen molar-refractivity contribution in [2.24, 2.45) is 17.6 Å². The summed E-state index contributed by atoms with van der Waals surface area (Å²) in [4.78, 5) is 2.70. The van der Waals surface area contributed by atoms with Gasteiger partial charge in [0.15, 0.2) is 0 Å². The van der Waals surface area contributed by atoms with Gasteiger partial charge in [-0.25, -0.2) is 0 Å². The third kappa shape index (κ3) is 2.60. The van der Waals surface area contributed by atoms with Crippen LogP contribution >= 0.6 is 0 Å². The molecule has 0 radical (unpaired) electrons. The lowest BCUT2D eigenvalue weighted by molar-refractivity contribution is -0.0228. The minimum Gasteiger partial charge on any atom is -0.329 e. The molecule has 2 rings (SSSR count). The molecule has 0 amide bonds. The van der Waals surface area contributed by atoms with Gasteiger partial charge >= 0.3 is 0 Å². The first-order chi connectivity index (χ1) is 8.60. The van der Waals surface area contributed by atoms with Crippen LogP contribution < -0.4 is 5.73 Å². The maximum absolute atomic E-state index is 6.26. The van der Waals surface area contributed by atoms with Gasteiger partial charge in [-0.15, -0.1) is 0 Å². The highest BCUT2D eigenvalue weighted by molar-refractivity contribution is 5.01. The van der Waals surface area contributed by atoms with E-state index in [-0.39, 0.29) is 5.54 Å². The lowest BCUT2D eigenvalue weighted by Gasteiger charge is -2.53. The second-order valence-electron chi connectivity index (χ2n) is 7.00. The van der Waals surface area contributed by atoms with Crippen molar-refractivity contribution in [1.29, 1.82) is 0 Å². The number of likely N-dealkylation sites (N-methyl/N-ethyl adjacent to an activating group) is 1. The van der Waals surface area contributed by atoms with Crippen molar-refractivity contribution in [3.8, 4) is 0 Å². The lowest BCUT2D eigenvalue weighted by atomic mass is 9.68. The van der Waals surface area contributed by atoms with Gasteiger partial charge in [0.05, 0.1) is 0 Å². The summed E-state index contributed by atoms with van der Waals surface area (Å²) >= 11 is 0. The molecule has 2 heteroatoms. The molecule has 2 saturated carbocycles. The van der Waals surface area contributed by atoms with Gasteiger partial charge in [-0.3, -0.25) is 4.90 Å². The van der Waals surface area contributed by atoms with Crippen LogP contribution in [0.25, 0.3) is 0 Å². The van der Waals surface area contributed by atoms with Crippen LogP contribution in [0.3, 0.4) is 0 Å². The normalized spacial score (nSPS) is 39.2. The van der Waals surface area contributed by atoms with Gasteiger partial charge in [-0.05, 0) is 44.6 Å². The van der Waals surface area contributed by atoms with E-state index in [1.807, 2.05) is 0 Å². The van der Waals surface area contributed by atoms with Crippen LogP contribution in [-0.2, 0) is 0 Å². The van der Waals surface area contributed by atoms with Crippen molar-refractivity contribution < 1.29 is 0 Å². The van der Waals surface area contributed by atoms with Crippen molar-refractivity contribution in [3.63, 3.8) is 0 Å². The fourth-order valence-electron chi connectivity index (χ4n) is 4.46. The molecule has 0 aromatic carbocycles. The molecule has 2 aliphatic rings. The van der Waals surface area contributed by atoms with E-state index in [0.717, 1.165) is 24.4 Å². The third-order valence-corrected chi connectivity index (χ3v) is 5.89. The molecule has 0 spiro atoms. The average molecular weight is 252 g/mol. The van der Waals surface area contributed by atoms with Crippen LogP contribution in [0.1, 0.15) is 65.2 Å². The van der Waals surface area contributed by atoms with E-state index in [1.165, 1.54) is 51.4 Å². The van der Waals surface area contributed by atoms with Gasteiger partial charge in [0.25, 0.3) is 0 Å². The van der Waals surface area contributed by atoms with E-state index in [4.69, 9.17) is 5.73 Å². The van der Waals surface area contributed by atoms with Gasteiger partial charge in [-0.1, -0.05) is 39.5 Å². The van der Waals surface area contributed by atoms with Gasteiger partial charge in [0.2, 0.25) is 0 Å². The smallest absolute Gasteiger partial charge is 0.0359 e. The van der Waals surface area contributed by atoms with Crippen molar-refractivity contribution >= 4 is 0 Å². The predicted molar refractivity (Wildman–Crippen MR) is 78.6 cm³/mol. The number of nitrogens with two attached hydrogens (primary N) is 1. The Morgan fingerprint density at radius 3 is 2.33 bits per heavy atom. The fraction of sp³-hybridized carbons (Fsp3) is 1.00. The minimum absolute atomic E-state index is 0.277. The molecular formula is C16H32N2. The topological polar surface area (TPSA) is 29.3 Å². The van der Waals surface area contributed by atoms with Crippen LogP contribution in [0.15, 0.2) is 0 Å². The highest BCUT2D eigenvalue weighted by Gasteiger charge is 2.44. The molecule has 2 aliphatic carbocycles.